The van der Waals surface area contributed by atoms with Crippen LogP contribution in [0.15, 0.2) is 54.9 Å². The Hall–Kier alpha value is -3.94. The third-order valence-electron chi connectivity index (χ3n) is 5.42. The first kappa shape index (κ1) is 24.2. The number of anilines is 2. The lowest BCUT2D eigenvalue weighted by Crippen LogP contribution is -2.43. The fourth-order valence-corrected chi connectivity index (χ4v) is 3.62. The summed E-state index contributed by atoms with van der Waals surface area (Å²) in [4.78, 5) is 22.7. The third kappa shape index (κ3) is 6.56. The molecule has 0 saturated carbocycles. The minimum Gasteiger partial charge on any atom is -0.384 e. The standard InChI is InChI=1S/C25H23F3N6O/c26-25(27,28)21-14-19(4-5-20(21)16-34-11-9-30-10-12-34)24(35)33-23-13-17(7-8-31-23)1-2-18-3-6-22(29)32-15-18/h3-8,13-15,30H,9-12,16H2,(H2,29,32)(H,31,33,35). The Bertz CT molecular complexity index is 1260. The van der Waals surface area contributed by atoms with Crippen molar-refractivity contribution in [3.63, 3.8) is 0 Å². The van der Waals surface area contributed by atoms with Gasteiger partial charge in [-0.2, -0.15) is 13.2 Å². The minimum atomic E-state index is -4.58. The van der Waals surface area contributed by atoms with Crippen LogP contribution in [0.5, 0.6) is 0 Å². The van der Waals surface area contributed by atoms with E-state index in [0.29, 0.717) is 30.0 Å². The Kier molecular flexibility index (Phi) is 7.29. The van der Waals surface area contributed by atoms with E-state index in [9.17, 15) is 18.0 Å². The SMILES string of the molecule is Nc1ccc(C#Cc2ccnc(NC(=O)c3ccc(CN4CCNCC4)c(C(F)(F)F)c3)c2)cn1. The van der Waals surface area contributed by atoms with Gasteiger partial charge in [0.2, 0.25) is 0 Å². The lowest BCUT2D eigenvalue weighted by atomic mass is 10.0. The van der Waals surface area contributed by atoms with Crippen LogP contribution in [0.4, 0.5) is 24.8 Å². The lowest BCUT2D eigenvalue weighted by molar-refractivity contribution is -0.138. The molecule has 4 N–H and O–H groups in total. The summed E-state index contributed by atoms with van der Waals surface area (Å²) in [6.45, 7) is 2.97. The van der Waals surface area contributed by atoms with Crippen molar-refractivity contribution in [2.24, 2.45) is 0 Å². The fraction of sp³-hybridized carbons (Fsp3) is 0.240. The first-order valence-corrected chi connectivity index (χ1v) is 10.9. The van der Waals surface area contributed by atoms with Gasteiger partial charge in [0.05, 0.1) is 5.56 Å². The maximum absolute atomic E-state index is 13.8. The summed E-state index contributed by atoms with van der Waals surface area (Å²) in [6.07, 6.45) is -1.58. The Morgan fingerprint density at radius 2 is 1.83 bits per heavy atom. The highest BCUT2D eigenvalue weighted by Gasteiger charge is 2.34. The van der Waals surface area contributed by atoms with Gasteiger partial charge in [-0.3, -0.25) is 9.69 Å². The Morgan fingerprint density at radius 1 is 1.06 bits per heavy atom. The van der Waals surface area contributed by atoms with E-state index in [-0.39, 0.29) is 23.5 Å². The Balaban J connectivity index is 1.50. The number of aromatic nitrogens is 2. The van der Waals surface area contributed by atoms with Crippen LogP contribution in [-0.4, -0.2) is 47.0 Å². The first-order chi connectivity index (χ1) is 16.8. The molecule has 0 unspecified atom stereocenters. The van der Waals surface area contributed by atoms with E-state index in [4.69, 9.17) is 5.73 Å². The van der Waals surface area contributed by atoms with Gasteiger partial charge in [0, 0.05) is 61.8 Å². The zero-order chi connectivity index (χ0) is 24.8. The van der Waals surface area contributed by atoms with Crippen molar-refractivity contribution < 1.29 is 18.0 Å². The highest BCUT2D eigenvalue weighted by molar-refractivity contribution is 6.04. The van der Waals surface area contributed by atoms with Crippen LogP contribution < -0.4 is 16.4 Å². The topological polar surface area (TPSA) is 96.2 Å². The first-order valence-electron chi connectivity index (χ1n) is 10.9. The molecule has 7 nitrogen and oxygen atoms in total. The van der Waals surface area contributed by atoms with Gasteiger partial charge in [0.25, 0.3) is 5.91 Å². The van der Waals surface area contributed by atoms with Crippen LogP contribution in [0, 0.1) is 11.8 Å². The van der Waals surface area contributed by atoms with Gasteiger partial charge in [-0.1, -0.05) is 17.9 Å². The number of carbonyl (C=O) groups is 1. The smallest absolute Gasteiger partial charge is 0.384 e. The monoisotopic (exact) mass is 480 g/mol. The van der Waals surface area contributed by atoms with Crippen molar-refractivity contribution in [2.75, 3.05) is 37.2 Å². The molecular weight excluding hydrogens is 457 g/mol. The highest BCUT2D eigenvalue weighted by atomic mass is 19.4. The molecule has 0 radical (unpaired) electrons. The van der Waals surface area contributed by atoms with Crippen molar-refractivity contribution in [3.05, 3.63) is 82.7 Å². The zero-order valence-electron chi connectivity index (χ0n) is 18.7. The predicted octanol–water partition coefficient (Wildman–Crippen LogP) is 3.13. The van der Waals surface area contributed by atoms with Crippen LogP contribution in [-0.2, 0) is 12.7 Å². The average Bonchev–Trinajstić information content (AvgIpc) is 2.84. The van der Waals surface area contributed by atoms with Crippen molar-refractivity contribution in [2.45, 2.75) is 12.7 Å². The molecule has 180 valence electrons. The summed E-state index contributed by atoms with van der Waals surface area (Å²) in [5.41, 5.74) is 6.00. The van der Waals surface area contributed by atoms with Crippen LogP contribution in [0.25, 0.3) is 0 Å². The predicted molar refractivity (Wildman–Crippen MR) is 126 cm³/mol. The summed E-state index contributed by atoms with van der Waals surface area (Å²) in [5.74, 6) is 5.72. The molecule has 1 fully saturated rings. The van der Waals surface area contributed by atoms with Gasteiger partial charge in [-0.05, 0) is 42.0 Å². The normalized spacial score (nSPS) is 14.1. The largest absolute Gasteiger partial charge is 0.416 e. The molecule has 0 spiro atoms. The molecule has 0 atom stereocenters. The number of nitrogens with zero attached hydrogens (tertiary/aromatic N) is 3. The number of rotatable bonds is 4. The maximum atomic E-state index is 13.8. The Morgan fingerprint density at radius 3 is 2.54 bits per heavy atom. The summed E-state index contributed by atoms with van der Waals surface area (Å²) >= 11 is 0. The third-order valence-corrected chi connectivity index (χ3v) is 5.42. The highest BCUT2D eigenvalue weighted by Crippen LogP contribution is 2.33. The molecule has 0 bridgehead atoms. The Labute approximate surface area is 200 Å². The van der Waals surface area contributed by atoms with Crippen molar-refractivity contribution in [1.29, 1.82) is 0 Å². The van der Waals surface area contributed by atoms with Gasteiger partial charge in [0.1, 0.15) is 11.6 Å². The van der Waals surface area contributed by atoms with Crippen molar-refractivity contribution in [3.8, 4) is 11.8 Å². The molecule has 1 aliphatic heterocycles. The minimum absolute atomic E-state index is 0.104. The van der Waals surface area contributed by atoms with Gasteiger partial charge in [-0.25, -0.2) is 9.97 Å². The number of nitrogens with two attached hydrogens (primary N) is 1. The van der Waals surface area contributed by atoms with E-state index in [1.54, 1.807) is 24.3 Å². The molecule has 1 saturated heterocycles. The van der Waals surface area contributed by atoms with E-state index < -0.39 is 17.6 Å². The molecule has 1 amide bonds. The van der Waals surface area contributed by atoms with E-state index in [1.807, 2.05) is 4.90 Å². The number of nitrogens with one attached hydrogen (secondary N) is 2. The molecule has 2 aromatic heterocycles. The number of hydrogen-bond acceptors (Lipinski definition) is 6. The second kappa shape index (κ2) is 10.5. The van der Waals surface area contributed by atoms with Crippen molar-refractivity contribution in [1.82, 2.24) is 20.2 Å². The van der Waals surface area contributed by atoms with Crippen molar-refractivity contribution >= 4 is 17.5 Å². The summed E-state index contributed by atoms with van der Waals surface area (Å²) in [7, 11) is 0. The molecule has 35 heavy (non-hydrogen) atoms. The number of alkyl halides is 3. The number of carbonyl (C=O) groups excluding carboxylic acids is 1. The molecular formula is C25H23F3N6O. The van der Waals surface area contributed by atoms with Crippen LogP contribution in [0.3, 0.4) is 0 Å². The summed E-state index contributed by atoms with van der Waals surface area (Å²) in [5, 5.41) is 5.73. The maximum Gasteiger partial charge on any atom is 0.416 e. The lowest BCUT2D eigenvalue weighted by Gasteiger charge is -2.28. The molecule has 10 heteroatoms. The van der Waals surface area contributed by atoms with E-state index in [1.165, 1.54) is 24.5 Å². The second-order valence-electron chi connectivity index (χ2n) is 8.00. The molecule has 0 aliphatic carbocycles. The number of benzene rings is 1. The van der Waals surface area contributed by atoms with Gasteiger partial charge in [0.15, 0.2) is 0 Å². The van der Waals surface area contributed by atoms with Crippen LogP contribution >= 0.6 is 0 Å². The molecule has 4 rings (SSSR count). The molecule has 3 heterocycles. The second-order valence-corrected chi connectivity index (χ2v) is 8.00. The zero-order valence-corrected chi connectivity index (χ0v) is 18.7. The number of piperazine rings is 1. The number of hydrogen-bond donors (Lipinski definition) is 3. The van der Waals surface area contributed by atoms with Gasteiger partial charge < -0.3 is 16.4 Å². The molecule has 1 aromatic carbocycles. The van der Waals surface area contributed by atoms with E-state index in [2.05, 4.69) is 32.4 Å². The number of pyridine rings is 2. The van der Waals surface area contributed by atoms with Crippen LogP contribution in [0.2, 0.25) is 0 Å². The van der Waals surface area contributed by atoms with Gasteiger partial charge in [-0.15, -0.1) is 0 Å². The van der Waals surface area contributed by atoms with Crippen LogP contribution in [0.1, 0.15) is 32.6 Å². The summed E-state index contributed by atoms with van der Waals surface area (Å²) < 4.78 is 41.3. The van der Waals surface area contributed by atoms with Gasteiger partial charge >= 0.3 is 6.18 Å². The van der Waals surface area contributed by atoms with E-state index in [0.717, 1.165) is 19.2 Å². The van der Waals surface area contributed by atoms with E-state index >= 15 is 0 Å². The summed E-state index contributed by atoms with van der Waals surface area (Å²) in [6, 6.07) is 10.2. The number of amides is 1. The quantitative estimate of drug-likeness (QED) is 0.497. The number of halogens is 3. The molecule has 3 aromatic rings. The number of nitrogen functional groups attached to an aromatic ring is 1. The molecule has 1 aliphatic rings. The average molecular weight is 480 g/mol. The fourth-order valence-electron chi connectivity index (χ4n) is 3.62.